The van der Waals surface area contributed by atoms with Gasteiger partial charge in [0.2, 0.25) is 10.0 Å². The van der Waals surface area contributed by atoms with E-state index in [-0.39, 0.29) is 5.41 Å². The highest BCUT2D eigenvalue weighted by Gasteiger charge is 2.49. The third-order valence-electron chi connectivity index (χ3n) is 5.30. The lowest BCUT2D eigenvalue weighted by Crippen LogP contribution is -2.14. The van der Waals surface area contributed by atoms with Gasteiger partial charge in [-0.25, -0.2) is 12.8 Å². The summed E-state index contributed by atoms with van der Waals surface area (Å²) in [5.74, 6) is 0. The third kappa shape index (κ3) is 3.43. The number of hydrogen-bond donors (Lipinski definition) is 2. The van der Waals surface area contributed by atoms with Gasteiger partial charge >= 0.3 is 0 Å². The summed E-state index contributed by atoms with van der Waals surface area (Å²) in [4.78, 5) is 0. The Kier molecular flexibility index (Phi) is 4.22. The summed E-state index contributed by atoms with van der Waals surface area (Å²) in [5.41, 5.74) is 5.54. The van der Waals surface area contributed by atoms with E-state index in [0.717, 1.165) is 41.6 Å². The van der Waals surface area contributed by atoms with Crippen LogP contribution in [0.25, 0.3) is 11.3 Å². The van der Waals surface area contributed by atoms with Crippen molar-refractivity contribution in [1.82, 2.24) is 10.2 Å². The minimum Gasteiger partial charge on any atom is -0.284 e. The Morgan fingerprint density at radius 2 is 1.96 bits per heavy atom. The maximum absolute atomic E-state index is 13.4. The number of aromatic nitrogens is 2. The van der Waals surface area contributed by atoms with E-state index >= 15 is 0 Å². The van der Waals surface area contributed by atoms with Crippen molar-refractivity contribution < 1.29 is 12.8 Å². The normalized spacial score (nSPS) is 21.0. The van der Waals surface area contributed by atoms with E-state index in [1.165, 1.54) is 5.57 Å². The molecule has 0 radical (unpaired) electrons. The quantitative estimate of drug-likeness (QED) is 0.814. The van der Waals surface area contributed by atoms with Gasteiger partial charge < -0.3 is 0 Å². The predicted molar refractivity (Wildman–Crippen MR) is 105 cm³/mol. The first-order valence-corrected chi connectivity index (χ1v) is 10.8. The Morgan fingerprint density at radius 1 is 1.26 bits per heavy atom. The molecule has 142 valence electrons. The average molecular weight is 387 g/mol. The van der Waals surface area contributed by atoms with Crippen LogP contribution in [-0.2, 0) is 15.4 Å². The van der Waals surface area contributed by atoms with Gasteiger partial charge in [-0.15, -0.1) is 0 Å². The fourth-order valence-electron chi connectivity index (χ4n) is 3.81. The molecule has 0 amide bonds. The molecule has 1 aromatic heterocycles. The van der Waals surface area contributed by atoms with E-state index in [9.17, 15) is 12.8 Å². The first-order chi connectivity index (χ1) is 12.8. The summed E-state index contributed by atoms with van der Waals surface area (Å²) in [7, 11) is -3.30. The molecule has 2 aliphatic rings. The molecule has 2 N–H and O–H groups in total. The zero-order chi connectivity index (χ0) is 19.2. The van der Waals surface area contributed by atoms with Crippen LogP contribution in [0, 0.1) is 6.92 Å². The van der Waals surface area contributed by atoms with E-state index in [0.29, 0.717) is 12.1 Å². The summed E-state index contributed by atoms with van der Waals surface area (Å²) < 4.78 is 38.5. The first kappa shape index (κ1) is 18.0. The molecule has 27 heavy (non-hydrogen) atoms. The van der Waals surface area contributed by atoms with Crippen molar-refractivity contribution in [1.29, 1.82) is 0 Å². The number of H-pyrrole nitrogens is 1. The highest BCUT2D eigenvalue weighted by atomic mass is 32.2. The number of hydrogen-bond acceptors (Lipinski definition) is 3. The number of allylic oxidation sites excluding steroid dienone is 4. The summed E-state index contributed by atoms with van der Waals surface area (Å²) >= 11 is 0. The number of nitrogens with zero attached hydrogens (tertiary/aromatic N) is 1. The smallest absolute Gasteiger partial charge is 0.229 e. The lowest BCUT2D eigenvalue weighted by atomic mass is 9.86. The van der Waals surface area contributed by atoms with Gasteiger partial charge in [0, 0.05) is 28.8 Å². The fourth-order valence-corrected chi connectivity index (χ4v) is 4.38. The number of benzene rings is 1. The van der Waals surface area contributed by atoms with Crippen LogP contribution in [0.4, 0.5) is 10.1 Å². The zero-order valence-corrected chi connectivity index (χ0v) is 16.1. The van der Waals surface area contributed by atoms with Gasteiger partial charge in [0.05, 0.1) is 11.9 Å². The molecular weight excluding hydrogens is 365 g/mol. The Labute approximate surface area is 158 Å². The monoisotopic (exact) mass is 387 g/mol. The number of aromatic amines is 1. The van der Waals surface area contributed by atoms with Gasteiger partial charge in [0.1, 0.15) is 6.17 Å². The first-order valence-electron chi connectivity index (χ1n) is 8.95. The molecule has 0 saturated heterocycles. The van der Waals surface area contributed by atoms with Crippen LogP contribution in [0.1, 0.15) is 30.5 Å². The van der Waals surface area contributed by atoms with Crippen LogP contribution >= 0.6 is 0 Å². The molecule has 1 atom stereocenters. The van der Waals surface area contributed by atoms with Gasteiger partial charge in [-0.2, -0.15) is 5.10 Å². The van der Waals surface area contributed by atoms with Gasteiger partial charge in [-0.05, 0) is 43.0 Å². The molecule has 0 aliphatic heterocycles. The highest BCUT2D eigenvalue weighted by Crippen LogP contribution is 2.55. The van der Waals surface area contributed by atoms with E-state index in [1.54, 1.807) is 18.2 Å². The second-order valence-electron chi connectivity index (χ2n) is 7.38. The van der Waals surface area contributed by atoms with Crippen LogP contribution in [0.5, 0.6) is 0 Å². The van der Waals surface area contributed by atoms with Crippen molar-refractivity contribution in [2.75, 3.05) is 11.0 Å². The molecule has 0 bridgehead atoms. The van der Waals surface area contributed by atoms with E-state index in [2.05, 4.69) is 14.9 Å². The van der Waals surface area contributed by atoms with Crippen molar-refractivity contribution in [3.63, 3.8) is 0 Å². The molecule has 2 aliphatic carbocycles. The standard InChI is InChI=1S/C20H22FN3O2S/c1-13-18(14-3-9-17(10-4-14)24-27(2,25)26)22-23-19(13)20(11-12-20)15-5-7-16(21)8-6-15/h3-7,9-10,16,24H,8,11-12H2,1-2H3,(H,22,23). The predicted octanol–water partition coefficient (Wildman–Crippen LogP) is 4.01. The van der Waals surface area contributed by atoms with E-state index in [4.69, 9.17) is 0 Å². The topological polar surface area (TPSA) is 74.8 Å². The molecule has 4 rings (SSSR count). The SMILES string of the molecule is Cc1c(-c2ccc(NS(C)(=O)=O)cc2)n[nH]c1C1(C2=CCC(F)C=C2)CC1. The van der Waals surface area contributed by atoms with Gasteiger partial charge in [0.25, 0.3) is 0 Å². The summed E-state index contributed by atoms with van der Waals surface area (Å²) in [5, 5.41) is 7.72. The van der Waals surface area contributed by atoms with Crippen LogP contribution in [0.2, 0.25) is 0 Å². The van der Waals surface area contributed by atoms with Crippen molar-refractivity contribution in [3.8, 4) is 11.3 Å². The molecule has 2 aromatic rings. The third-order valence-corrected chi connectivity index (χ3v) is 5.91. The number of alkyl halides is 1. The maximum Gasteiger partial charge on any atom is 0.229 e. The highest BCUT2D eigenvalue weighted by molar-refractivity contribution is 7.92. The minimum atomic E-state index is -3.30. The van der Waals surface area contributed by atoms with E-state index < -0.39 is 16.2 Å². The average Bonchev–Trinajstić information content (AvgIpc) is 3.32. The number of rotatable bonds is 5. The Balaban J connectivity index is 1.62. The summed E-state index contributed by atoms with van der Waals surface area (Å²) in [6, 6.07) is 7.16. The van der Waals surface area contributed by atoms with Crippen molar-refractivity contribution in [3.05, 3.63) is 59.3 Å². The molecule has 1 heterocycles. The van der Waals surface area contributed by atoms with Crippen LogP contribution in [-0.4, -0.2) is 31.0 Å². The molecule has 0 spiro atoms. The second-order valence-corrected chi connectivity index (χ2v) is 9.12. The van der Waals surface area contributed by atoms with Crippen molar-refractivity contribution >= 4 is 15.7 Å². The second kappa shape index (κ2) is 6.34. The Hall–Kier alpha value is -2.41. The molecular formula is C20H22FN3O2S. The molecule has 1 saturated carbocycles. The van der Waals surface area contributed by atoms with Gasteiger partial charge in [0.15, 0.2) is 0 Å². The van der Waals surface area contributed by atoms with Crippen LogP contribution in [0.15, 0.2) is 48.1 Å². The molecule has 7 heteroatoms. The van der Waals surface area contributed by atoms with Gasteiger partial charge in [-0.1, -0.05) is 30.4 Å². The maximum atomic E-state index is 13.4. The number of anilines is 1. The zero-order valence-electron chi connectivity index (χ0n) is 15.3. The largest absolute Gasteiger partial charge is 0.284 e. The molecule has 1 unspecified atom stereocenters. The van der Waals surface area contributed by atoms with Crippen molar-refractivity contribution in [2.24, 2.45) is 0 Å². The minimum absolute atomic E-state index is 0.0796. The fraction of sp³-hybridized carbons (Fsp3) is 0.350. The molecule has 1 fully saturated rings. The lowest BCUT2D eigenvalue weighted by Gasteiger charge is -2.20. The van der Waals surface area contributed by atoms with Crippen LogP contribution < -0.4 is 4.72 Å². The van der Waals surface area contributed by atoms with Gasteiger partial charge in [-0.3, -0.25) is 9.82 Å². The lowest BCUT2D eigenvalue weighted by molar-refractivity contribution is 0.399. The Bertz CT molecular complexity index is 1030. The summed E-state index contributed by atoms with van der Waals surface area (Å²) in [6.07, 6.45) is 8.27. The Morgan fingerprint density at radius 3 is 2.52 bits per heavy atom. The molecule has 1 aromatic carbocycles. The molecule has 5 nitrogen and oxygen atoms in total. The number of nitrogens with one attached hydrogen (secondary N) is 2. The number of sulfonamides is 1. The summed E-state index contributed by atoms with van der Waals surface area (Å²) in [6.45, 7) is 2.04. The van der Waals surface area contributed by atoms with Crippen molar-refractivity contribution in [2.45, 2.75) is 37.8 Å². The van der Waals surface area contributed by atoms with E-state index in [1.807, 2.05) is 31.2 Å². The number of halogens is 1. The van der Waals surface area contributed by atoms with Crippen LogP contribution in [0.3, 0.4) is 0 Å².